The zero-order valence-electron chi connectivity index (χ0n) is 11.1. The number of hydrogen-bond donors (Lipinski definition) is 1. The summed E-state index contributed by atoms with van der Waals surface area (Å²) in [6.45, 7) is 5.46. The largest absolute Gasteiger partial charge is 0.334 e. The molecule has 4 heteroatoms. The van der Waals surface area contributed by atoms with E-state index in [9.17, 15) is 4.79 Å². The normalized spacial score (nSPS) is 24.1. The van der Waals surface area contributed by atoms with E-state index in [1.165, 1.54) is 0 Å². The van der Waals surface area contributed by atoms with Crippen molar-refractivity contribution in [3.8, 4) is 0 Å². The summed E-state index contributed by atoms with van der Waals surface area (Å²) in [4.78, 5) is 18.5. The zero-order chi connectivity index (χ0) is 13.1. The summed E-state index contributed by atoms with van der Waals surface area (Å²) in [5.74, 6) is 0.540. The summed E-state index contributed by atoms with van der Waals surface area (Å²) in [5.41, 5.74) is 7.50. The Balaban J connectivity index is 2.21. The molecule has 2 N–H and O–H groups in total. The highest BCUT2D eigenvalue weighted by atomic mass is 16.2. The van der Waals surface area contributed by atoms with E-state index in [1.54, 1.807) is 12.4 Å². The summed E-state index contributed by atoms with van der Waals surface area (Å²) in [6, 6.07) is 2.05. The number of carbonyl (C=O) groups excluding carboxylic acids is 1. The molecule has 18 heavy (non-hydrogen) atoms. The van der Waals surface area contributed by atoms with Gasteiger partial charge in [0.05, 0.1) is 5.56 Å². The number of likely N-dealkylation sites (tertiary alicyclic amines) is 1. The van der Waals surface area contributed by atoms with Gasteiger partial charge in [-0.25, -0.2) is 0 Å². The maximum Gasteiger partial charge on any atom is 0.255 e. The minimum atomic E-state index is 0.0631. The number of amides is 1. The number of aryl methyl sites for hydroxylation is 1. The minimum Gasteiger partial charge on any atom is -0.334 e. The van der Waals surface area contributed by atoms with E-state index in [2.05, 4.69) is 11.9 Å². The molecule has 0 radical (unpaired) electrons. The fraction of sp³-hybridized carbons (Fsp3) is 0.571. The molecule has 1 aliphatic heterocycles. The van der Waals surface area contributed by atoms with E-state index >= 15 is 0 Å². The van der Waals surface area contributed by atoms with Crippen molar-refractivity contribution in [2.75, 3.05) is 13.1 Å². The van der Waals surface area contributed by atoms with Crippen molar-refractivity contribution in [3.63, 3.8) is 0 Å². The lowest BCUT2D eigenvalue weighted by atomic mass is 9.90. The summed E-state index contributed by atoms with van der Waals surface area (Å²) in [6.07, 6.45) is 5.61. The maximum absolute atomic E-state index is 12.5. The number of carbonyl (C=O) groups is 1. The van der Waals surface area contributed by atoms with Crippen molar-refractivity contribution in [1.82, 2.24) is 9.88 Å². The average molecular weight is 247 g/mol. The van der Waals surface area contributed by atoms with Crippen LogP contribution >= 0.6 is 0 Å². The Hall–Kier alpha value is -1.42. The third kappa shape index (κ3) is 2.53. The number of pyridine rings is 1. The Morgan fingerprint density at radius 1 is 1.56 bits per heavy atom. The SMILES string of the molecule is Cc1cncc(C(=O)N2CCCC(C)C2CN)c1. The first-order chi connectivity index (χ1) is 8.63. The monoisotopic (exact) mass is 247 g/mol. The third-order valence-electron chi connectivity index (χ3n) is 3.74. The van der Waals surface area contributed by atoms with Crippen molar-refractivity contribution >= 4 is 5.91 Å². The first-order valence-corrected chi connectivity index (χ1v) is 6.56. The molecule has 2 unspecified atom stereocenters. The van der Waals surface area contributed by atoms with Gasteiger partial charge in [0, 0.05) is 31.5 Å². The average Bonchev–Trinajstić information content (AvgIpc) is 2.37. The number of nitrogens with zero attached hydrogens (tertiary/aromatic N) is 2. The highest BCUT2D eigenvalue weighted by molar-refractivity contribution is 5.94. The maximum atomic E-state index is 12.5. The second-order valence-corrected chi connectivity index (χ2v) is 5.17. The van der Waals surface area contributed by atoms with Gasteiger partial charge in [-0.05, 0) is 37.3 Å². The van der Waals surface area contributed by atoms with Gasteiger partial charge < -0.3 is 10.6 Å². The fourth-order valence-corrected chi connectivity index (χ4v) is 2.70. The molecule has 0 aliphatic carbocycles. The number of piperidine rings is 1. The number of nitrogens with two attached hydrogens (primary N) is 1. The van der Waals surface area contributed by atoms with Gasteiger partial charge in [0.25, 0.3) is 5.91 Å². The van der Waals surface area contributed by atoms with Crippen LogP contribution in [-0.4, -0.2) is 34.9 Å². The second-order valence-electron chi connectivity index (χ2n) is 5.17. The molecule has 2 rings (SSSR count). The van der Waals surface area contributed by atoms with Gasteiger partial charge in [-0.2, -0.15) is 0 Å². The van der Waals surface area contributed by atoms with Crippen LogP contribution in [0.3, 0.4) is 0 Å². The smallest absolute Gasteiger partial charge is 0.255 e. The molecule has 1 saturated heterocycles. The first kappa shape index (κ1) is 13.0. The lowest BCUT2D eigenvalue weighted by molar-refractivity contribution is 0.0532. The van der Waals surface area contributed by atoms with Crippen LogP contribution in [0.2, 0.25) is 0 Å². The Labute approximate surface area is 108 Å². The molecule has 1 aliphatic rings. The summed E-state index contributed by atoms with van der Waals surface area (Å²) in [5, 5.41) is 0. The van der Waals surface area contributed by atoms with Crippen molar-refractivity contribution in [3.05, 3.63) is 29.6 Å². The number of aromatic nitrogens is 1. The molecular weight excluding hydrogens is 226 g/mol. The number of rotatable bonds is 2. The minimum absolute atomic E-state index is 0.0631. The summed E-state index contributed by atoms with van der Waals surface area (Å²) in [7, 11) is 0. The van der Waals surface area contributed by atoms with Gasteiger partial charge in [0.15, 0.2) is 0 Å². The Kier molecular flexibility index (Phi) is 3.97. The second kappa shape index (κ2) is 5.48. The van der Waals surface area contributed by atoms with Crippen LogP contribution in [0.4, 0.5) is 0 Å². The van der Waals surface area contributed by atoms with Crippen LogP contribution in [0, 0.1) is 12.8 Å². The van der Waals surface area contributed by atoms with Gasteiger partial charge in [0.1, 0.15) is 0 Å². The Bertz CT molecular complexity index is 433. The molecule has 1 amide bonds. The van der Waals surface area contributed by atoms with Gasteiger partial charge in [-0.3, -0.25) is 9.78 Å². The summed E-state index contributed by atoms with van der Waals surface area (Å²) < 4.78 is 0. The lowest BCUT2D eigenvalue weighted by Crippen LogP contribution is -2.51. The van der Waals surface area contributed by atoms with E-state index in [-0.39, 0.29) is 11.9 Å². The van der Waals surface area contributed by atoms with E-state index < -0.39 is 0 Å². The first-order valence-electron chi connectivity index (χ1n) is 6.56. The molecule has 1 fully saturated rings. The fourth-order valence-electron chi connectivity index (χ4n) is 2.70. The molecule has 4 nitrogen and oxygen atoms in total. The van der Waals surface area contributed by atoms with E-state index in [1.807, 2.05) is 17.9 Å². The molecule has 1 aromatic heterocycles. The highest BCUT2D eigenvalue weighted by Crippen LogP contribution is 2.24. The lowest BCUT2D eigenvalue weighted by Gasteiger charge is -2.39. The van der Waals surface area contributed by atoms with Crippen molar-refractivity contribution in [2.45, 2.75) is 32.7 Å². The Morgan fingerprint density at radius 3 is 3.00 bits per heavy atom. The predicted octanol–water partition coefficient (Wildman–Crippen LogP) is 1.59. The van der Waals surface area contributed by atoms with Crippen molar-refractivity contribution < 1.29 is 4.79 Å². The molecular formula is C14H21N3O. The third-order valence-corrected chi connectivity index (χ3v) is 3.74. The Morgan fingerprint density at radius 2 is 2.33 bits per heavy atom. The van der Waals surface area contributed by atoms with Gasteiger partial charge in [-0.1, -0.05) is 6.92 Å². The summed E-state index contributed by atoms with van der Waals surface area (Å²) >= 11 is 0. The molecule has 0 bridgehead atoms. The van der Waals surface area contributed by atoms with E-state index in [4.69, 9.17) is 5.73 Å². The van der Waals surface area contributed by atoms with Crippen LogP contribution in [-0.2, 0) is 0 Å². The van der Waals surface area contributed by atoms with Gasteiger partial charge in [0.2, 0.25) is 0 Å². The van der Waals surface area contributed by atoms with Crippen molar-refractivity contribution in [1.29, 1.82) is 0 Å². The van der Waals surface area contributed by atoms with Gasteiger partial charge in [-0.15, -0.1) is 0 Å². The van der Waals surface area contributed by atoms with Crippen molar-refractivity contribution in [2.24, 2.45) is 11.7 Å². The van der Waals surface area contributed by atoms with Gasteiger partial charge >= 0.3 is 0 Å². The zero-order valence-corrected chi connectivity index (χ0v) is 11.1. The van der Waals surface area contributed by atoms with E-state index in [0.29, 0.717) is 18.0 Å². The molecule has 2 heterocycles. The van der Waals surface area contributed by atoms with Crippen LogP contribution in [0.15, 0.2) is 18.5 Å². The molecule has 2 atom stereocenters. The molecule has 0 saturated carbocycles. The highest BCUT2D eigenvalue weighted by Gasteiger charge is 2.31. The van der Waals surface area contributed by atoms with E-state index in [0.717, 1.165) is 24.9 Å². The molecule has 0 spiro atoms. The van der Waals surface area contributed by atoms with Crippen LogP contribution in [0.25, 0.3) is 0 Å². The van der Waals surface area contributed by atoms with Crippen LogP contribution < -0.4 is 5.73 Å². The predicted molar refractivity (Wildman–Crippen MR) is 71.3 cm³/mol. The molecule has 1 aromatic rings. The topological polar surface area (TPSA) is 59.2 Å². The van der Waals surface area contributed by atoms with Crippen LogP contribution in [0.1, 0.15) is 35.7 Å². The standard InChI is InChI=1S/C14H21N3O/c1-10-6-12(9-16-8-10)14(18)17-5-3-4-11(2)13(17)7-15/h6,8-9,11,13H,3-5,7,15H2,1-2H3. The molecule has 98 valence electrons. The molecule has 0 aromatic carbocycles. The quantitative estimate of drug-likeness (QED) is 0.863. The number of hydrogen-bond acceptors (Lipinski definition) is 3. The van der Waals surface area contributed by atoms with Crippen LogP contribution in [0.5, 0.6) is 0 Å².